The first-order chi connectivity index (χ1) is 9.97. The number of halogens is 2. The Morgan fingerprint density at radius 3 is 2.05 bits per heavy atom. The molecular weight excluding hydrogens is 305 g/mol. The van der Waals surface area contributed by atoms with Crippen molar-refractivity contribution in [3.63, 3.8) is 0 Å². The van der Waals surface area contributed by atoms with E-state index in [0.29, 0.717) is 10.0 Å². The summed E-state index contributed by atoms with van der Waals surface area (Å²) in [6, 6.07) is 10.0. The molecule has 1 atom stereocenters. The molecule has 0 amide bonds. The van der Waals surface area contributed by atoms with Gasteiger partial charge in [0.1, 0.15) is 5.75 Å². The molecule has 0 aromatic heterocycles. The minimum absolute atomic E-state index is 0.0584. The van der Waals surface area contributed by atoms with E-state index in [9.17, 15) is 0 Å². The largest absolute Gasteiger partial charge is 0.496 e. The fourth-order valence-corrected chi connectivity index (χ4v) is 3.00. The molecule has 1 unspecified atom stereocenters. The van der Waals surface area contributed by atoms with E-state index in [2.05, 4.69) is 31.3 Å². The fourth-order valence-electron chi connectivity index (χ4n) is 2.69. The second-order valence-electron chi connectivity index (χ2n) is 5.08. The summed E-state index contributed by atoms with van der Waals surface area (Å²) in [7, 11) is 3.63. The average Bonchev–Trinajstić information content (AvgIpc) is 2.43. The Bertz CT molecular complexity index is 632. The Kier molecular flexibility index (Phi) is 5.15. The Labute approximate surface area is 136 Å². The van der Waals surface area contributed by atoms with Gasteiger partial charge in [0.2, 0.25) is 0 Å². The van der Waals surface area contributed by atoms with Crippen LogP contribution in [0.2, 0.25) is 10.0 Å². The van der Waals surface area contributed by atoms with Crippen molar-refractivity contribution in [1.82, 2.24) is 5.32 Å². The molecule has 2 nitrogen and oxygen atoms in total. The van der Waals surface area contributed by atoms with E-state index in [4.69, 9.17) is 27.9 Å². The maximum atomic E-state index is 6.13. The van der Waals surface area contributed by atoms with Crippen LogP contribution >= 0.6 is 23.2 Å². The quantitative estimate of drug-likeness (QED) is 0.861. The van der Waals surface area contributed by atoms with Crippen molar-refractivity contribution in [2.45, 2.75) is 19.9 Å². The third kappa shape index (κ3) is 3.34. The topological polar surface area (TPSA) is 21.3 Å². The SMILES string of the molecule is CNC(c1cc(C)c(OC)c(C)c1)c1ccc(Cl)c(Cl)c1. The number of methoxy groups -OCH3 is 1. The van der Waals surface area contributed by atoms with Crippen LogP contribution in [-0.4, -0.2) is 14.2 Å². The van der Waals surface area contributed by atoms with Gasteiger partial charge in [0.05, 0.1) is 23.2 Å². The predicted octanol–water partition coefficient (Wildman–Crippen LogP) is 4.93. The number of rotatable bonds is 4. The molecule has 0 aliphatic carbocycles. The molecule has 0 radical (unpaired) electrons. The van der Waals surface area contributed by atoms with Gasteiger partial charge in [-0.1, -0.05) is 41.4 Å². The van der Waals surface area contributed by atoms with E-state index < -0.39 is 0 Å². The van der Waals surface area contributed by atoms with Crippen LogP contribution < -0.4 is 10.1 Å². The minimum atomic E-state index is 0.0584. The minimum Gasteiger partial charge on any atom is -0.496 e. The van der Waals surface area contributed by atoms with Gasteiger partial charge in [0.15, 0.2) is 0 Å². The third-order valence-electron chi connectivity index (χ3n) is 3.59. The highest BCUT2D eigenvalue weighted by atomic mass is 35.5. The van der Waals surface area contributed by atoms with E-state index in [-0.39, 0.29) is 6.04 Å². The molecule has 2 rings (SSSR count). The van der Waals surface area contributed by atoms with Crippen LogP contribution in [0, 0.1) is 13.8 Å². The maximum absolute atomic E-state index is 6.13. The molecule has 0 heterocycles. The molecule has 0 fully saturated rings. The second kappa shape index (κ2) is 6.69. The average molecular weight is 324 g/mol. The molecule has 0 spiro atoms. The van der Waals surface area contributed by atoms with Gasteiger partial charge in [0.25, 0.3) is 0 Å². The van der Waals surface area contributed by atoms with E-state index in [1.165, 1.54) is 5.56 Å². The zero-order valence-corrected chi connectivity index (χ0v) is 14.1. The van der Waals surface area contributed by atoms with Crippen LogP contribution in [0.3, 0.4) is 0 Å². The van der Waals surface area contributed by atoms with E-state index in [1.807, 2.05) is 25.2 Å². The molecule has 0 aliphatic rings. The molecule has 2 aromatic rings. The van der Waals surface area contributed by atoms with Crippen molar-refractivity contribution >= 4 is 23.2 Å². The zero-order chi connectivity index (χ0) is 15.6. The smallest absolute Gasteiger partial charge is 0.124 e. The molecule has 0 aliphatic heterocycles. The number of ether oxygens (including phenoxy) is 1. The lowest BCUT2D eigenvalue weighted by Gasteiger charge is -2.20. The summed E-state index contributed by atoms with van der Waals surface area (Å²) in [6.45, 7) is 4.10. The van der Waals surface area contributed by atoms with E-state index >= 15 is 0 Å². The number of benzene rings is 2. The molecule has 0 saturated heterocycles. The van der Waals surface area contributed by atoms with Gasteiger partial charge in [0, 0.05) is 0 Å². The molecule has 112 valence electrons. The van der Waals surface area contributed by atoms with Gasteiger partial charge < -0.3 is 10.1 Å². The second-order valence-corrected chi connectivity index (χ2v) is 5.90. The van der Waals surface area contributed by atoms with Gasteiger partial charge in [-0.15, -0.1) is 0 Å². The fraction of sp³-hybridized carbons (Fsp3) is 0.294. The normalized spacial score (nSPS) is 12.3. The predicted molar refractivity (Wildman–Crippen MR) is 89.8 cm³/mol. The van der Waals surface area contributed by atoms with Crippen molar-refractivity contribution in [2.75, 3.05) is 14.2 Å². The van der Waals surface area contributed by atoms with Gasteiger partial charge in [-0.3, -0.25) is 0 Å². The number of hydrogen-bond donors (Lipinski definition) is 1. The number of aryl methyl sites for hydroxylation is 2. The summed E-state index contributed by atoms with van der Waals surface area (Å²) >= 11 is 12.1. The summed E-state index contributed by atoms with van der Waals surface area (Å²) < 4.78 is 5.43. The lowest BCUT2D eigenvalue weighted by molar-refractivity contribution is 0.408. The summed E-state index contributed by atoms with van der Waals surface area (Å²) in [5, 5.41) is 4.46. The molecule has 1 N–H and O–H groups in total. The van der Waals surface area contributed by atoms with Crippen LogP contribution in [0.1, 0.15) is 28.3 Å². The van der Waals surface area contributed by atoms with Crippen molar-refractivity contribution in [2.24, 2.45) is 0 Å². The van der Waals surface area contributed by atoms with Crippen molar-refractivity contribution < 1.29 is 4.74 Å². The lowest BCUT2D eigenvalue weighted by Crippen LogP contribution is -2.18. The number of hydrogen-bond acceptors (Lipinski definition) is 2. The maximum Gasteiger partial charge on any atom is 0.124 e. The lowest BCUT2D eigenvalue weighted by atomic mass is 9.95. The number of nitrogens with one attached hydrogen (secondary N) is 1. The highest BCUT2D eigenvalue weighted by Crippen LogP contribution is 2.32. The van der Waals surface area contributed by atoms with Crippen LogP contribution in [0.25, 0.3) is 0 Å². The first-order valence-electron chi connectivity index (χ1n) is 6.75. The highest BCUT2D eigenvalue weighted by Gasteiger charge is 2.16. The van der Waals surface area contributed by atoms with Crippen LogP contribution in [0.4, 0.5) is 0 Å². The van der Waals surface area contributed by atoms with Crippen LogP contribution in [0.5, 0.6) is 5.75 Å². The molecule has 4 heteroatoms. The Balaban J connectivity index is 2.48. The molecular formula is C17H19Cl2NO. The summed E-state index contributed by atoms with van der Waals surface area (Å²) in [6.07, 6.45) is 0. The van der Waals surface area contributed by atoms with Gasteiger partial charge in [-0.25, -0.2) is 0 Å². The first-order valence-corrected chi connectivity index (χ1v) is 7.51. The molecule has 0 saturated carbocycles. The van der Waals surface area contributed by atoms with Gasteiger partial charge in [-0.2, -0.15) is 0 Å². The first kappa shape index (κ1) is 16.2. The van der Waals surface area contributed by atoms with Gasteiger partial charge in [-0.05, 0) is 55.3 Å². The Morgan fingerprint density at radius 1 is 0.952 bits per heavy atom. The zero-order valence-electron chi connectivity index (χ0n) is 12.6. The Hall–Kier alpha value is -1.22. The van der Waals surface area contributed by atoms with Gasteiger partial charge >= 0.3 is 0 Å². The highest BCUT2D eigenvalue weighted by molar-refractivity contribution is 6.42. The van der Waals surface area contributed by atoms with Crippen molar-refractivity contribution in [3.8, 4) is 5.75 Å². The van der Waals surface area contributed by atoms with Crippen molar-refractivity contribution in [1.29, 1.82) is 0 Å². The van der Waals surface area contributed by atoms with Crippen LogP contribution in [-0.2, 0) is 0 Å². The summed E-state index contributed by atoms with van der Waals surface area (Å²) in [5.41, 5.74) is 4.49. The summed E-state index contributed by atoms with van der Waals surface area (Å²) in [5.74, 6) is 0.933. The molecule has 21 heavy (non-hydrogen) atoms. The third-order valence-corrected chi connectivity index (χ3v) is 4.32. The van der Waals surface area contributed by atoms with E-state index in [0.717, 1.165) is 22.4 Å². The molecule has 2 aromatic carbocycles. The van der Waals surface area contributed by atoms with E-state index in [1.54, 1.807) is 7.11 Å². The van der Waals surface area contributed by atoms with Crippen LogP contribution in [0.15, 0.2) is 30.3 Å². The van der Waals surface area contributed by atoms with Crippen molar-refractivity contribution in [3.05, 3.63) is 62.6 Å². The Morgan fingerprint density at radius 2 is 1.57 bits per heavy atom. The summed E-state index contributed by atoms with van der Waals surface area (Å²) in [4.78, 5) is 0. The standard InChI is InChI=1S/C17H19Cl2NO/c1-10-7-13(8-11(2)17(10)21-4)16(20-3)12-5-6-14(18)15(19)9-12/h5-9,16,20H,1-4H3. The molecule has 0 bridgehead atoms. The monoisotopic (exact) mass is 323 g/mol.